The standard InChI is InChI=1S/C11H8FNO2S/c12-8-1-3-9(4-2-8)16-10-5-7(6-13-10)11(14)15/h1-6,13H,(H,14,15). The van der Waals surface area contributed by atoms with Crippen LogP contribution < -0.4 is 0 Å². The van der Waals surface area contributed by atoms with Crippen molar-refractivity contribution in [1.29, 1.82) is 0 Å². The summed E-state index contributed by atoms with van der Waals surface area (Å²) in [7, 11) is 0. The van der Waals surface area contributed by atoms with Crippen LogP contribution in [0.15, 0.2) is 46.5 Å². The molecule has 5 heteroatoms. The van der Waals surface area contributed by atoms with Crippen LogP contribution >= 0.6 is 11.8 Å². The fourth-order valence-corrected chi connectivity index (χ4v) is 2.02. The minimum atomic E-state index is -0.970. The van der Waals surface area contributed by atoms with E-state index < -0.39 is 5.97 Å². The molecule has 0 bridgehead atoms. The summed E-state index contributed by atoms with van der Waals surface area (Å²) in [5.41, 5.74) is 0.213. The molecule has 0 aliphatic heterocycles. The van der Waals surface area contributed by atoms with E-state index in [0.717, 1.165) is 4.90 Å². The lowest BCUT2D eigenvalue weighted by Gasteiger charge is -1.97. The lowest BCUT2D eigenvalue weighted by atomic mass is 10.3. The van der Waals surface area contributed by atoms with Crippen molar-refractivity contribution < 1.29 is 14.3 Å². The number of carbonyl (C=O) groups is 1. The van der Waals surface area contributed by atoms with Crippen LogP contribution in [-0.2, 0) is 0 Å². The number of H-pyrrole nitrogens is 1. The Balaban J connectivity index is 2.14. The third-order valence-corrected chi connectivity index (χ3v) is 2.91. The van der Waals surface area contributed by atoms with Gasteiger partial charge in [0.25, 0.3) is 0 Å². The summed E-state index contributed by atoms with van der Waals surface area (Å²) in [6.45, 7) is 0. The normalized spacial score (nSPS) is 10.3. The van der Waals surface area contributed by atoms with Crippen LogP contribution in [0.4, 0.5) is 4.39 Å². The highest BCUT2D eigenvalue weighted by Crippen LogP contribution is 2.27. The summed E-state index contributed by atoms with van der Waals surface area (Å²) in [6.07, 6.45) is 1.42. The Bertz CT molecular complexity index is 507. The maximum absolute atomic E-state index is 12.6. The second kappa shape index (κ2) is 4.40. The van der Waals surface area contributed by atoms with E-state index in [0.29, 0.717) is 5.03 Å². The first kappa shape index (κ1) is 10.8. The molecule has 1 aromatic heterocycles. The van der Waals surface area contributed by atoms with Gasteiger partial charge < -0.3 is 10.1 Å². The van der Waals surface area contributed by atoms with Gasteiger partial charge >= 0.3 is 5.97 Å². The monoisotopic (exact) mass is 237 g/mol. The van der Waals surface area contributed by atoms with Gasteiger partial charge in [-0.3, -0.25) is 0 Å². The maximum Gasteiger partial charge on any atom is 0.337 e. The number of nitrogens with one attached hydrogen (secondary N) is 1. The minimum Gasteiger partial charge on any atom is -0.478 e. The van der Waals surface area contributed by atoms with E-state index in [2.05, 4.69) is 4.98 Å². The maximum atomic E-state index is 12.6. The molecule has 0 saturated carbocycles. The van der Waals surface area contributed by atoms with Crippen LogP contribution in [0.1, 0.15) is 10.4 Å². The molecule has 0 fully saturated rings. The van der Waals surface area contributed by atoms with E-state index >= 15 is 0 Å². The van der Waals surface area contributed by atoms with Crippen LogP contribution in [0, 0.1) is 5.82 Å². The van der Waals surface area contributed by atoms with Crippen molar-refractivity contribution in [3.05, 3.63) is 47.9 Å². The predicted molar refractivity (Wildman–Crippen MR) is 58.3 cm³/mol. The van der Waals surface area contributed by atoms with Gasteiger partial charge in [0.05, 0.1) is 10.6 Å². The summed E-state index contributed by atoms with van der Waals surface area (Å²) in [5.74, 6) is -1.26. The molecule has 2 rings (SSSR count). The minimum absolute atomic E-state index is 0.213. The third kappa shape index (κ3) is 2.43. The molecular formula is C11H8FNO2S. The molecule has 0 amide bonds. The van der Waals surface area contributed by atoms with Crippen molar-refractivity contribution in [2.75, 3.05) is 0 Å². The van der Waals surface area contributed by atoms with E-state index in [1.165, 1.54) is 36.2 Å². The molecule has 1 aromatic carbocycles. The van der Waals surface area contributed by atoms with Gasteiger partial charge in [-0.1, -0.05) is 11.8 Å². The van der Waals surface area contributed by atoms with Crippen LogP contribution in [0.2, 0.25) is 0 Å². The number of carboxylic acids is 1. The van der Waals surface area contributed by atoms with Crippen molar-refractivity contribution in [3.8, 4) is 0 Å². The number of aromatic carboxylic acids is 1. The topological polar surface area (TPSA) is 53.1 Å². The van der Waals surface area contributed by atoms with Crippen molar-refractivity contribution in [3.63, 3.8) is 0 Å². The van der Waals surface area contributed by atoms with E-state index in [-0.39, 0.29) is 11.4 Å². The molecule has 0 unspecified atom stereocenters. The molecule has 0 aliphatic carbocycles. The SMILES string of the molecule is O=C(O)c1c[nH]c(Sc2ccc(F)cc2)c1. The Labute approximate surface area is 95.3 Å². The molecule has 0 atom stereocenters. The molecular weight excluding hydrogens is 229 g/mol. The second-order valence-electron chi connectivity index (χ2n) is 3.11. The first-order chi connectivity index (χ1) is 7.65. The van der Waals surface area contributed by atoms with E-state index in [9.17, 15) is 9.18 Å². The molecule has 82 valence electrons. The molecule has 0 saturated heterocycles. The molecule has 0 spiro atoms. The number of carboxylic acid groups (broad SMARTS) is 1. The Morgan fingerprint density at radius 2 is 2.00 bits per heavy atom. The van der Waals surface area contributed by atoms with Gasteiger partial charge in [0.2, 0.25) is 0 Å². The fourth-order valence-electron chi connectivity index (χ4n) is 1.19. The largest absolute Gasteiger partial charge is 0.478 e. The van der Waals surface area contributed by atoms with Crippen LogP contribution in [0.25, 0.3) is 0 Å². The van der Waals surface area contributed by atoms with Gasteiger partial charge in [-0.25, -0.2) is 9.18 Å². The average Bonchev–Trinajstić information content (AvgIpc) is 2.70. The van der Waals surface area contributed by atoms with Crippen LogP contribution in [0.3, 0.4) is 0 Å². The molecule has 3 nitrogen and oxygen atoms in total. The number of hydrogen-bond acceptors (Lipinski definition) is 2. The summed E-state index contributed by atoms with van der Waals surface area (Å²) in [6, 6.07) is 7.55. The smallest absolute Gasteiger partial charge is 0.337 e. The number of aromatic nitrogens is 1. The lowest BCUT2D eigenvalue weighted by molar-refractivity contribution is 0.0697. The van der Waals surface area contributed by atoms with Gasteiger partial charge in [-0.15, -0.1) is 0 Å². The van der Waals surface area contributed by atoms with Crippen LogP contribution in [-0.4, -0.2) is 16.1 Å². The molecule has 1 heterocycles. The molecule has 2 N–H and O–H groups in total. The quantitative estimate of drug-likeness (QED) is 0.862. The fraction of sp³-hybridized carbons (Fsp3) is 0. The Hall–Kier alpha value is -1.75. The summed E-state index contributed by atoms with van der Waals surface area (Å²) in [4.78, 5) is 14.3. The second-order valence-corrected chi connectivity index (χ2v) is 4.23. The molecule has 2 aromatic rings. The average molecular weight is 237 g/mol. The summed E-state index contributed by atoms with van der Waals surface area (Å²) < 4.78 is 12.6. The number of rotatable bonds is 3. The van der Waals surface area contributed by atoms with Gasteiger partial charge in [-0.05, 0) is 30.3 Å². The number of halogens is 1. The highest BCUT2D eigenvalue weighted by atomic mass is 32.2. The predicted octanol–water partition coefficient (Wildman–Crippen LogP) is 3.00. The highest BCUT2D eigenvalue weighted by molar-refractivity contribution is 7.99. The zero-order chi connectivity index (χ0) is 11.5. The van der Waals surface area contributed by atoms with Crippen molar-refractivity contribution in [2.45, 2.75) is 9.92 Å². The summed E-state index contributed by atoms with van der Waals surface area (Å²) >= 11 is 1.35. The number of hydrogen-bond donors (Lipinski definition) is 2. The van der Waals surface area contributed by atoms with E-state index in [1.54, 1.807) is 12.1 Å². The summed E-state index contributed by atoms with van der Waals surface area (Å²) in [5, 5.41) is 9.43. The van der Waals surface area contributed by atoms with Gasteiger partial charge in [0, 0.05) is 11.1 Å². The third-order valence-electron chi connectivity index (χ3n) is 1.94. The van der Waals surface area contributed by atoms with Crippen molar-refractivity contribution >= 4 is 17.7 Å². The molecule has 16 heavy (non-hydrogen) atoms. The zero-order valence-corrected chi connectivity index (χ0v) is 8.92. The molecule has 0 aliphatic rings. The van der Waals surface area contributed by atoms with E-state index in [4.69, 9.17) is 5.11 Å². The van der Waals surface area contributed by atoms with Crippen LogP contribution in [0.5, 0.6) is 0 Å². The number of aromatic amines is 1. The lowest BCUT2D eigenvalue weighted by Crippen LogP contribution is -1.91. The molecule has 0 radical (unpaired) electrons. The van der Waals surface area contributed by atoms with E-state index in [1.807, 2.05) is 0 Å². The Kier molecular flexibility index (Phi) is 2.96. The van der Waals surface area contributed by atoms with Gasteiger partial charge in [0.15, 0.2) is 0 Å². The number of benzene rings is 1. The highest BCUT2D eigenvalue weighted by Gasteiger charge is 2.06. The first-order valence-corrected chi connectivity index (χ1v) is 5.32. The van der Waals surface area contributed by atoms with Crippen molar-refractivity contribution in [1.82, 2.24) is 4.98 Å². The Morgan fingerprint density at radius 3 is 2.56 bits per heavy atom. The first-order valence-electron chi connectivity index (χ1n) is 4.50. The zero-order valence-electron chi connectivity index (χ0n) is 8.11. The van der Waals surface area contributed by atoms with Gasteiger partial charge in [0.1, 0.15) is 5.82 Å². The Morgan fingerprint density at radius 1 is 1.31 bits per heavy atom. The van der Waals surface area contributed by atoms with Crippen molar-refractivity contribution in [2.24, 2.45) is 0 Å². The van der Waals surface area contributed by atoms with Gasteiger partial charge in [-0.2, -0.15) is 0 Å².